The molecule has 1 atom stereocenters. The zero-order valence-corrected chi connectivity index (χ0v) is 8.73. The molecule has 0 aliphatic heterocycles. The quantitative estimate of drug-likeness (QED) is 0.448. The Morgan fingerprint density at radius 2 is 2.00 bits per heavy atom. The second-order valence-electron chi connectivity index (χ2n) is 3.38. The molecule has 0 aromatic carbocycles. The first-order valence-electron chi connectivity index (χ1n) is 4.37. The van der Waals surface area contributed by atoms with Gasteiger partial charge < -0.3 is 25.5 Å². The molecule has 7 heteroatoms. The van der Waals surface area contributed by atoms with Crippen LogP contribution >= 0.6 is 0 Å². The first-order chi connectivity index (χ1) is 6.81. The van der Waals surface area contributed by atoms with Gasteiger partial charge in [0.05, 0.1) is 13.2 Å². The smallest absolute Gasteiger partial charge is 0.337 e. The number of urea groups is 1. The summed E-state index contributed by atoms with van der Waals surface area (Å²) in [5.41, 5.74) is -1.99. The Morgan fingerprint density at radius 3 is 2.40 bits per heavy atom. The first kappa shape index (κ1) is 13.7. The topological polar surface area (TPSA) is 110 Å². The number of carbonyl (C=O) groups excluding carboxylic acids is 1. The van der Waals surface area contributed by atoms with Gasteiger partial charge in [0.2, 0.25) is 0 Å². The minimum absolute atomic E-state index is 0.140. The maximum Gasteiger partial charge on any atom is 0.337 e. The van der Waals surface area contributed by atoms with Crippen LogP contribution in [0.1, 0.15) is 6.92 Å². The van der Waals surface area contributed by atoms with Gasteiger partial charge in [-0.05, 0) is 6.92 Å². The zero-order valence-electron chi connectivity index (χ0n) is 8.73. The van der Waals surface area contributed by atoms with Crippen molar-refractivity contribution in [2.75, 3.05) is 26.7 Å². The van der Waals surface area contributed by atoms with E-state index in [1.54, 1.807) is 0 Å². The molecule has 0 radical (unpaired) electrons. The Kier molecular flexibility index (Phi) is 5.03. The van der Waals surface area contributed by atoms with E-state index in [2.05, 4.69) is 5.32 Å². The van der Waals surface area contributed by atoms with Crippen molar-refractivity contribution < 1.29 is 24.9 Å². The van der Waals surface area contributed by atoms with Gasteiger partial charge in [0.1, 0.15) is 0 Å². The number of nitrogens with one attached hydrogen (secondary N) is 1. The Hall–Kier alpha value is -1.34. The molecule has 0 saturated heterocycles. The third-order valence-electron chi connectivity index (χ3n) is 1.83. The monoisotopic (exact) mass is 220 g/mol. The van der Waals surface area contributed by atoms with Crippen LogP contribution in [0.5, 0.6) is 0 Å². The third kappa shape index (κ3) is 4.61. The Morgan fingerprint density at radius 1 is 1.47 bits per heavy atom. The van der Waals surface area contributed by atoms with Crippen molar-refractivity contribution in [1.29, 1.82) is 0 Å². The van der Waals surface area contributed by atoms with Gasteiger partial charge in [-0.15, -0.1) is 0 Å². The first-order valence-corrected chi connectivity index (χ1v) is 4.37. The molecule has 0 saturated carbocycles. The van der Waals surface area contributed by atoms with Crippen LogP contribution in [0.3, 0.4) is 0 Å². The number of hydrogen-bond donors (Lipinski definition) is 4. The number of hydrogen-bond acceptors (Lipinski definition) is 4. The summed E-state index contributed by atoms with van der Waals surface area (Å²) in [7, 11) is 1.45. The van der Waals surface area contributed by atoms with Crippen LogP contribution in [0.15, 0.2) is 0 Å². The van der Waals surface area contributed by atoms with Crippen molar-refractivity contribution in [2.24, 2.45) is 0 Å². The van der Waals surface area contributed by atoms with Gasteiger partial charge in [-0.3, -0.25) is 0 Å². The summed E-state index contributed by atoms with van der Waals surface area (Å²) in [4.78, 5) is 22.9. The van der Waals surface area contributed by atoms with Gasteiger partial charge in [-0.1, -0.05) is 0 Å². The molecular weight excluding hydrogens is 204 g/mol. The summed E-state index contributed by atoms with van der Waals surface area (Å²) in [6.07, 6.45) is 0. The van der Waals surface area contributed by atoms with Crippen LogP contribution in [0.4, 0.5) is 4.79 Å². The highest BCUT2D eigenvalue weighted by Gasteiger charge is 2.30. The van der Waals surface area contributed by atoms with Gasteiger partial charge in [0.25, 0.3) is 0 Å². The van der Waals surface area contributed by atoms with Gasteiger partial charge >= 0.3 is 12.0 Å². The zero-order chi connectivity index (χ0) is 12.1. The fourth-order valence-corrected chi connectivity index (χ4v) is 0.710. The molecular formula is C8H16N2O5. The molecule has 0 bridgehead atoms. The summed E-state index contributed by atoms with van der Waals surface area (Å²) < 4.78 is 0. The molecule has 0 fully saturated rings. The van der Waals surface area contributed by atoms with Crippen LogP contribution in [0, 0.1) is 0 Å². The highest BCUT2D eigenvalue weighted by molar-refractivity contribution is 5.79. The molecule has 0 aliphatic rings. The fraction of sp³-hybridized carbons (Fsp3) is 0.750. The number of nitrogens with zero attached hydrogens (tertiary/aromatic N) is 1. The lowest BCUT2D eigenvalue weighted by Crippen LogP contribution is -2.49. The van der Waals surface area contributed by atoms with E-state index in [4.69, 9.17) is 10.2 Å². The number of amides is 2. The molecule has 1 unspecified atom stereocenters. The maximum absolute atomic E-state index is 11.2. The number of carboxylic acid groups (broad SMARTS) is 1. The standard InChI is InChI=1S/C8H16N2O5/c1-8(15,6(12)13)5-9-7(14)10(2)3-4-11/h11,15H,3-5H2,1-2H3,(H,9,14)(H,12,13). The van der Waals surface area contributed by atoms with Crippen molar-refractivity contribution >= 4 is 12.0 Å². The molecule has 0 heterocycles. The molecule has 0 rings (SSSR count). The summed E-state index contributed by atoms with van der Waals surface area (Å²) >= 11 is 0. The lowest BCUT2D eigenvalue weighted by Gasteiger charge is -2.21. The van der Waals surface area contributed by atoms with Crippen LogP contribution in [0.25, 0.3) is 0 Å². The van der Waals surface area contributed by atoms with Crippen LogP contribution in [0.2, 0.25) is 0 Å². The Balaban J connectivity index is 4.05. The van der Waals surface area contributed by atoms with Gasteiger partial charge in [0.15, 0.2) is 5.60 Å². The van der Waals surface area contributed by atoms with Gasteiger partial charge in [0, 0.05) is 13.6 Å². The molecule has 7 nitrogen and oxygen atoms in total. The largest absolute Gasteiger partial charge is 0.479 e. The SMILES string of the molecule is CN(CCO)C(=O)NCC(C)(O)C(=O)O. The summed E-state index contributed by atoms with van der Waals surface area (Å²) in [5.74, 6) is -1.41. The van der Waals surface area contributed by atoms with Crippen LogP contribution in [-0.2, 0) is 4.79 Å². The average Bonchev–Trinajstić information content (AvgIpc) is 2.14. The van der Waals surface area contributed by atoms with Crippen LogP contribution < -0.4 is 5.32 Å². The number of aliphatic hydroxyl groups excluding tert-OH is 1. The van der Waals surface area contributed by atoms with E-state index >= 15 is 0 Å². The van der Waals surface area contributed by atoms with Crippen molar-refractivity contribution in [1.82, 2.24) is 10.2 Å². The molecule has 0 spiro atoms. The highest BCUT2D eigenvalue weighted by atomic mass is 16.4. The maximum atomic E-state index is 11.2. The van der Waals surface area contributed by atoms with E-state index in [1.165, 1.54) is 11.9 Å². The average molecular weight is 220 g/mol. The second-order valence-corrected chi connectivity index (χ2v) is 3.38. The number of carboxylic acids is 1. The number of rotatable bonds is 5. The number of aliphatic hydroxyl groups is 2. The van der Waals surface area contributed by atoms with Crippen molar-refractivity contribution in [2.45, 2.75) is 12.5 Å². The summed E-state index contributed by atoms with van der Waals surface area (Å²) in [6.45, 7) is 0.652. The highest BCUT2D eigenvalue weighted by Crippen LogP contribution is 2.00. The fourth-order valence-electron chi connectivity index (χ4n) is 0.710. The lowest BCUT2D eigenvalue weighted by atomic mass is 10.1. The predicted octanol–water partition coefficient (Wildman–Crippen LogP) is -1.54. The minimum Gasteiger partial charge on any atom is -0.479 e. The van der Waals surface area contributed by atoms with Crippen molar-refractivity contribution in [3.8, 4) is 0 Å². The second kappa shape index (κ2) is 5.52. The molecule has 88 valence electrons. The summed E-state index contributed by atoms with van der Waals surface area (Å²) in [5, 5.41) is 28.6. The summed E-state index contributed by atoms with van der Waals surface area (Å²) in [6, 6.07) is -0.550. The molecule has 0 aromatic heterocycles. The van der Waals surface area contributed by atoms with Gasteiger partial charge in [-0.2, -0.15) is 0 Å². The molecule has 15 heavy (non-hydrogen) atoms. The lowest BCUT2D eigenvalue weighted by molar-refractivity contribution is -0.155. The Labute approximate surface area is 87.3 Å². The van der Waals surface area contributed by atoms with E-state index in [0.29, 0.717) is 0 Å². The number of carbonyl (C=O) groups is 2. The number of likely N-dealkylation sites (N-methyl/N-ethyl adjacent to an activating group) is 1. The van der Waals surface area contributed by atoms with E-state index in [0.717, 1.165) is 6.92 Å². The van der Waals surface area contributed by atoms with Crippen molar-refractivity contribution in [3.63, 3.8) is 0 Å². The molecule has 0 aliphatic carbocycles. The minimum atomic E-state index is -1.99. The number of aliphatic carboxylic acids is 1. The van der Waals surface area contributed by atoms with E-state index < -0.39 is 24.1 Å². The molecule has 2 amide bonds. The Bertz CT molecular complexity index is 241. The third-order valence-corrected chi connectivity index (χ3v) is 1.83. The van der Waals surface area contributed by atoms with E-state index in [9.17, 15) is 14.7 Å². The van der Waals surface area contributed by atoms with Crippen LogP contribution in [-0.4, -0.2) is 64.6 Å². The predicted molar refractivity (Wildman–Crippen MR) is 51.4 cm³/mol. The van der Waals surface area contributed by atoms with E-state index in [-0.39, 0.29) is 13.2 Å². The van der Waals surface area contributed by atoms with E-state index in [1.807, 2.05) is 0 Å². The van der Waals surface area contributed by atoms with Gasteiger partial charge in [-0.25, -0.2) is 9.59 Å². The normalized spacial score (nSPS) is 14.1. The van der Waals surface area contributed by atoms with Crippen molar-refractivity contribution in [3.05, 3.63) is 0 Å². The molecule has 4 N–H and O–H groups in total. The molecule has 0 aromatic rings.